The van der Waals surface area contributed by atoms with E-state index >= 15 is 0 Å². The smallest absolute Gasteiger partial charge is 0.209 e. The van der Waals surface area contributed by atoms with Crippen molar-refractivity contribution in [1.82, 2.24) is 4.72 Å². The Morgan fingerprint density at radius 2 is 1.60 bits per heavy atom. The topological polar surface area (TPSA) is 46.2 Å². The molecule has 0 bridgehead atoms. The van der Waals surface area contributed by atoms with E-state index in [1.54, 1.807) is 0 Å². The number of sulfonamides is 1. The summed E-state index contributed by atoms with van der Waals surface area (Å²) in [6.45, 7) is 6.07. The number of hydrogen-bond donors (Lipinski definition) is 1. The monoisotopic (exact) mass is 235 g/mol. The lowest BCUT2D eigenvalue weighted by Gasteiger charge is -2.24. The summed E-state index contributed by atoms with van der Waals surface area (Å²) >= 11 is 0. The molecule has 1 N–H and O–H groups in total. The van der Waals surface area contributed by atoms with Gasteiger partial charge < -0.3 is 0 Å². The predicted octanol–water partition coefficient (Wildman–Crippen LogP) is 2.67. The van der Waals surface area contributed by atoms with Gasteiger partial charge in [0.1, 0.15) is 0 Å². The molecule has 92 valence electrons. The molecular weight excluding hydrogens is 210 g/mol. The number of unbranched alkanes of at least 4 members (excludes halogenated alkanes) is 4. The Morgan fingerprint density at radius 3 is 2.07 bits per heavy atom. The zero-order valence-corrected chi connectivity index (χ0v) is 11.3. The van der Waals surface area contributed by atoms with Crippen LogP contribution in [0.15, 0.2) is 0 Å². The van der Waals surface area contributed by atoms with Crippen LogP contribution in [0.2, 0.25) is 0 Å². The first-order valence-corrected chi connectivity index (χ1v) is 7.65. The Hall–Kier alpha value is -0.0900. The molecular formula is C11H25NO2S. The van der Waals surface area contributed by atoms with Crippen LogP contribution in [0.5, 0.6) is 0 Å². The van der Waals surface area contributed by atoms with Gasteiger partial charge in [-0.15, -0.1) is 0 Å². The van der Waals surface area contributed by atoms with Crippen molar-refractivity contribution in [2.75, 3.05) is 6.26 Å². The first kappa shape index (κ1) is 14.9. The highest BCUT2D eigenvalue weighted by Gasteiger charge is 2.20. The first-order chi connectivity index (χ1) is 6.77. The summed E-state index contributed by atoms with van der Waals surface area (Å²) in [5, 5.41) is 0. The lowest BCUT2D eigenvalue weighted by Crippen LogP contribution is -2.42. The van der Waals surface area contributed by atoms with E-state index in [1.807, 2.05) is 13.8 Å². The summed E-state index contributed by atoms with van der Waals surface area (Å²) in [5.74, 6) is 0. The summed E-state index contributed by atoms with van der Waals surface area (Å²) in [4.78, 5) is 0. The van der Waals surface area contributed by atoms with Gasteiger partial charge in [-0.3, -0.25) is 0 Å². The third kappa shape index (κ3) is 10.2. The van der Waals surface area contributed by atoms with E-state index in [4.69, 9.17) is 0 Å². The molecule has 0 atom stereocenters. The fraction of sp³-hybridized carbons (Fsp3) is 1.00. The highest BCUT2D eigenvalue weighted by atomic mass is 32.2. The maximum atomic E-state index is 11.1. The quantitative estimate of drug-likeness (QED) is 0.657. The molecule has 0 unspecified atom stereocenters. The molecule has 0 aliphatic rings. The average molecular weight is 235 g/mol. The van der Waals surface area contributed by atoms with E-state index in [0.717, 1.165) is 12.8 Å². The summed E-state index contributed by atoms with van der Waals surface area (Å²) in [7, 11) is -3.08. The Labute approximate surface area is 94.7 Å². The molecule has 0 aromatic rings. The third-order valence-corrected chi connectivity index (χ3v) is 3.29. The fourth-order valence-electron chi connectivity index (χ4n) is 1.72. The van der Waals surface area contributed by atoms with Crippen LogP contribution in [0.1, 0.15) is 59.3 Å². The van der Waals surface area contributed by atoms with Crippen LogP contribution in [0, 0.1) is 0 Å². The van der Waals surface area contributed by atoms with Crippen molar-refractivity contribution in [3.63, 3.8) is 0 Å². The van der Waals surface area contributed by atoms with Gasteiger partial charge in [0.2, 0.25) is 10.0 Å². The van der Waals surface area contributed by atoms with Crippen molar-refractivity contribution >= 4 is 10.0 Å². The minimum absolute atomic E-state index is 0.306. The lowest BCUT2D eigenvalue weighted by molar-refractivity contribution is 0.401. The number of hydrogen-bond acceptors (Lipinski definition) is 2. The van der Waals surface area contributed by atoms with Gasteiger partial charge in [0, 0.05) is 5.54 Å². The molecule has 0 spiro atoms. The van der Waals surface area contributed by atoms with Gasteiger partial charge in [-0.2, -0.15) is 0 Å². The zero-order valence-electron chi connectivity index (χ0n) is 10.5. The predicted molar refractivity (Wildman–Crippen MR) is 65.4 cm³/mol. The molecule has 15 heavy (non-hydrogen) atoms. The first-order valence-electron chi connectivity index (χ1n) is 5.76. The van der Waals surface area contributed by atoms with Crippen molar-refractivity contribution < 1.29 is 8.42 Å². The molecule has 0 amide bonds. The van der Waals surface area contributed by atoms with Gasteiger partial charge >= 0.3 is 0 Å². The van der Waals surface area contributed by atoms with Crippen LogP contribution < -0.4 is 4.72 Å². The molecule has 0 rings (SSSR count). The van der Waals surface area contributed by atoms with Crippen LogP contribution in [-0.2, 0) is 10.0 Å². The molecule has 0 aliphatic heterocycles. The Morgan fingerprint density at radius 1 is 1.07 bits per heavy atom. The standard InChI is InChI=1S/C11H25NO2S/c1-5-6-7-8-9-10-11(2,3)12-15(4,13)14/h12H,5-10H2,1-4H3. The molecule has 0 saturated carbocycles. The molecule has 0 fully saturated rings. The Balaban J connectivity index is 3.75. The molecule has 0 aromatic heterocycles. The van der Waals surface area contributed by atoms with Crippen molar-refractivity contribution in [1.29, 1.82) is 0 Å². The van der Waals surface area contributed by atoms with E-state index < -0.39 is 10.0 Å². The molecule has 0 saturated heterocycles. The van der Waals surface area contributed by atoms with Gasteiger partial charge in [-0.1, -0.05) is 39.0 Å². The molecule has 0 aromatic carbocycles. The van der Waals surface area contributed by atoms with E-state index in [-0.39, 0.29) is 5.54 Å². The third-order valence-electron chi connectivity index (χ3n) is 2.37. The zero-order chi connectivity index (χ0) is 11.9. The van der Waals surface area contributed by atoms with Crippen LogP contribution >= 0.6 is 0 Å². The highest BCUT2D eigenvalue weighted by Crippen LogP contribution is 2.15. The normalized spacial score (nSPS) is 13.1. The second-order valence-corrected chi connectivity index (χ2v) is 6.67. The highest BCUT2D eigenvalue weighted by molar-refractivity contribution is 7.88. The van der Waals surface area contributed by atoms with E-state index in [9.17, 15) is 8.42 Å². The van der Waals surface area contributed by atoms with E-state index in [2.05, 4.69) is 11.6 Å². The van der Waals surface area contributed by atoms with Gasteiger partial charge in [0.15, 0.2) is 0 Å². The maximum absolute atomic E-state index is 11.1. The molecule has 0 radical (unpaired) electrons. The van der Waals surface area contributed by atoms with Gasteiger partial charge in [-0.05, 0) is 20.3 Å². The molecule has 0 aliphatic carbocycles. The van der Waals surface area contributed by atoms with Crippen molar-refractivity contribution in [2.45, 2.75) is 64.8 Å². The SMILES string of the molecule is CCCCCCCC(C)(C)NS(C)(=O)=O. The number of rotatable bonds is 8. The van der Waals surface area contributed by atoms with Gasteiger partial charge in [-0.25, -0.2) is 13.1 Å². The largest absolute Gasteiger partial charge is 0.213 e. The van der Waals surface area contributed by atoms with Crippen molar-refractivity contribution in [2.24, 2.45) is 0 Å². The van der Waals surface area contributed by atoms with E-state index in [1.165, 1.54) is 31.9 Å². The van der Waals surface area contributed by atoms with Gasteiger partial charge in [0.25, 0.3) is 0 Å². The summed E-state index contributed by atoms with van der Waals surface area (Å²) in [6.07, 6.45) is 8.18. The fourth-order valence-corrected chi connectivity index (χ4v) is 2.83. The lowest BCUT2D eigenvalue weighted by atomic mass is 9.97. The summed E-state index contributed by atoms with van der Waals surface area (Å²) in [6, 6.07) is 0. The number of nitrogens with one attached hydrogen (secondary N) is 1. The second kappa shape index (κ2) is 6.48. The van der Waals surface area contributed by atoms with Crippen LogP contribution in [0.25, 0.3) is 0 Å². The van der Waals surface area contributed by atoms with Gasteiger partial charge in [0.05, 0.1) is 6.26 Å². The Bertz CT molecular complexity index is 258. The van der Waals surface area contributed by atoms with Crippen molar-refractivity contribution in [3.8, 4) is 0 Å². The average Bonchev–Trinajstić information content (AvgIpc) is 1.99. The van der Waals surface area contributed by atoms with Crippen LogP contribution in [0.3, 0.4) is 0 Å². The summed E-state index contributed by atoms with van der Waals surface area (Å²) in [5.41, 5.74) is -0.306. The summed E-state index contributed by atoms with van der Waals surface area (Å²) < 4.78 is 24.8. The van der Waals surface area contributed by atoms with E-state index in [0.29, 0.717) is 0 Å². The molecule has 0 heterocycles. The minimum Gasteiger partial charge on any atom is -0.213 e. The van der Waals surface area contributed by atoms with Crippen molar-refractivity contribution in [3.05, 3.63) is 0 Å². The maximum Gasteiger partial charge on any atom is 0.209 e. The second-order valence-electron chi connectivity index (χ2n) is 4.92. The van der Waals surface area contributed by atoms with Crippen LogP contribution in [-0.4, -0.2) is 20.2 Å². The minimum atomic E-state index is -3.08. The molecule has 4 heteroatoms. The Kier molecular flexibility index (Phi) is 6.44. The molecule has 3 nitrogen and oxygen atoms in total. The van der Waals surface area contributed by atoms with Crippen LogP contribution in [0.4, 0.5) is 0 Å².